The number of aromatic nitrogens is 1. The predicted octanol–water partition coefficient (Wildman–Crippen LogP) is 3.72. The maximum absolute atomic E-state index is 12.9. The van der Waals surface area contributed by atoms with Crippen LogP contribution < -0.4 is 15.4 Å². The van der Waals surface area contributed by atoms with Crippen LogP contribution in [-0.4, -0.2) is 74.6 Å². The molecule has 1 unspecified atom stereocenters. The van der Waals surface area contributed by atoms with E-state index in [1.807, 2.05) is 24.0 Å². The number of hydrogen-bond acceptors (Lipinski definition) is 4. The smallest absolute Gasteiger partial charge is 0.322 e. The van der Waals surface area contributed by atoms with Crippen molar-refractivity contribution in [2.24, 2.45) is 0 Å². The second-order valence-electron chi connectivity index (χ2n) is 9.47. The molecule has 1 aliphatic rings. The largest absolute Gasteiger partial charge is 0.352 e. The summed E-state index contributed by atoms with van der Waals surface area (Å²) < 4.78 is 0. The van der Waals surface area contributed by atoms with Gasteiger partial charge in [0.25, 0.3) is 5.91 Å². The van der Waals surface area contributed by atoms with Crippen LogP contribution in [0.15, 0.2) is 36.5 Å². The lowest BCUT2D eigenvalue weighted by Gasteiger charge is -2.40. The Hall–Kier alpha value is -2.58. The number of urea groups is 1. The molecule has 9 heteroatoms. The zero-order valence-corrected chi connectivity index (χ0v) is 21.4. The summed E-state index contributed by atoms with van der Waals surface area (Å²) in [4.78, 5) is 34.8. The van der Waals surface area contributed by atoms with E-state index in [0.717, 1.165) is 5.69 Å². The SMILES string of the molecule is CC1CN(c2ncc(C(=O)N(C)C)cc2Cl)CCN1C(=O)Nc1ccc([Si](C)(C)C)cc1. The zero-order chi connectivity index (χ0) is 23.6. The van der Waals surface area contributed by atoms with Crippen LogP contribution in [0, 0.1) is 0 Å². The van der Waals surface area contributed by atoms with E-state index in [1.165, 1.54) is 10.1 Å². The lowest BCUT2D eigenvalue weighted by atomic mass is 10.2. The zero-order valence-electron chi connectivity index (χ0n) is 19.6. The Balaban J connectivity index is 1.64. The van der Waals surface area contributed by atoms with Crippen molar-refractivity contribution < 1.29 is 9.59 Å². The molecule has 2 aromatic rings. The summed E-state index contributed by atoms with van der Waals surface area (Å²) in [6, 6.07) is 9.71. The van der Waals surface area contributed by atoms with Crippen molar-refractivity contribution >= 4 is 48.3 Å². The van der Waals surface area contributed by atoms with Crippen molar-refractivity contribution in [2.45, 2.75) is 32.6 Å². The van der Waals surface area contributed by atoms with Gasteiger partial charge in [-0.25, -0.2) is 9.78 Å². The fourth-order valence-electron chi connectivity index (χ4n) is 3.74. The van der Waals surface area contributed by atoms with Crippen molar-refractivity contribution in [1.29, 1.82) is 0 Å². The van der Waals surface area contributed by atoms with E-state index in [1.54, 1.807) is 26.4 Å². The first-order valence-corrected chi connectivity index (χ1v) is 14.7. The number of piperazine rings is 1. The number of amides is 3. The summed E-state index contributed by atoms with van der Waals surface area (Å²) in [7, 11) is 2.02. The molecule has 1 saturated heterocycles. The number of rotatable bonds is 4. The molecule has 1 atom stereocenters. The molecule has 0 spiro atoms. The number of hydrogen-bond donors (Lipinski definition) is 1. The molecule has 2 heterocycles. The van der Waals surface area contributed by atoms with Crippen molar-refractivity contribution in [3.05, 3.63) is 47.1 Å². The van der Waals surface area contributed by atoms with E-state index in [2.05, 4.69) is 47.0 Å². The molecule has 0 bridgehead atoms. The van der Waals surface area contributed by atoms with Gasteiger partial charge in [0.05, 0.1) is 18.7 Å². The summed E-state index contributed by atoms with van der Waals surface area (Å²) in [5, 5.41) is 4.81. The van der Waals surface area contributed by atoms with Crippen LogP contribution in [0.25, 0.3) is 0 Å². The minimum absolute atomic E-state index is 0.0223. The molecule has 3 rings (SSSR count). The molecular formula is C23H32ClN5O2Si. The average molecular weight is 474 g/mol. The molecule has 3 amide bonds. The van der Waals surface area contributed by atoms with E-state index in [4.69, 9.17) is 11.6 Å². The third-order valence-electron chi connectivity index (χ3n) is 5.66. The lowest BCUT2D eigenvalue weighted by molar-refractivity contribution is 0.0827. The van der Waals surface area contributed by atoms with Gasteiger partial charge in [-0.3, -0.25) is 4.79 Å². The molecule has 1 N–H and O–H groups in total. The van der Waals surface area contributed by atoms with Crippen molar-refractivity contribution in [3.63, 3.8) is 0 Å². The molecule has 0 aliphatic carbocycles. The fourth-order valence-corrected chi connectivity index (χ4v) is 5.19. The van der Waals surface area contributed by atoms with Gasteiger partial charge < -0.3 is 20.0 Å². The van der Waals surface area contributed by atoms with Crippen LogP contribution in [0.5, 0.6) is 0 Å². The van der Waals surface area contributed by atoms with Crippen LogP contribution in [-0.2, 0) is 0 Å². The second-order valence-corrected chi connectivity index (χ2v) is 15.0. The minimum atomic E-state index is -1.37. The van der Waals surface area contributed by atoms with Crippen LogP contribution in [0.4, 0.5) is 16.3 Å². The first-order chi connectivity index (χ1) is 15.0. The van der Waals surface area contributed by atoms with Gasteiger partial charge in [-0.05, 0) is 25.1 Å². The van der Waals surface area contributed by atoms with Crippen molar-refractivity contribution in [1.82, 2.24) is 14.8 Å². The normalized spacial score (nSPS) is 16.7. The Labute approximate surface area is 196 Å². The van der Waals surface area contributed by atoms with Crippen LogP contribution in [0.3, 0.4) is 0 Å². The molecular weight excluding hydrogens is 442 g/mol. The molecule has 1 fully saturated rings. The van der Waals surface area contributed by atoms with E-state index in [-0.39, 0.29) is 18.0 Å². The van der Waals surface area contributed by atoms with E-state index in [0.29, 0.717) is 36.0 Å². The number of anilines is 2. The Bertz CT molecular complexity index is 991. The first kappa shape index (κ1) is 24.1. The summed E-state index contributed by atoms with van der Waals surface area (Å²) in [5.74, 6) is 0.495. The monoisotopic (exact) mass is 473 g/mol. The Morgan fingerprint density at radius 2 is 1.81 bits per heavy atom. The molecule has 1 aliphatic heterocycles. The van der Waals surface area contributed by atoms with E-state index < -0.39 is 8.07 Å². The molecule has 1 aromatic carbocycles. The standard InChI is InChI=1S/C23H32ClN5O2Si/c1-16-15-28(21-20(24)13-17(14-25-21)22(30)27(2)3)11-12-29(16)23(31)26-18-7-9-19(10-8-18)32(4,5)6/h7-10,13-14,16H,11-12,15H2,1-6H3,(H,26,31). The van der Waals surface area contributed by atoms with Gasteiger partial charge >= 0.3 is 6.03 Å². The van der Waals surface area contributed by atoms with E-state index >= 15 is 0 Å². The number of pyridine rings is 1. The number of nitrogens with zero attached hydrogens (tertiary/aromatic N) is 4. The third-order valence-corrected chi connectivity index (χ3v) is 8.01. The predicted molar refractivity (Wildman–Crippen MR) is 134 cm³/mol. The molecule has 1 aromatic heterocycles. The maximum atomic E-state index is 12.9. The highest BCUT2D eigenvalue weighted by Crippen LogP contribution is 2.27. The van der Waals surface area contributed by atoms with Gasteiger partial charge in [-0.1, -0.05) is 48.6 Å². The molecule has 7 nitrogen and oxygen atoms in total. The highest BCUT2D eigenvalue weighted by atomic mass is 35.5. The number of carbonyl (C=O) groups is 2. The Morgan fingerprint density at radius 3 is 2.34 bits per heavy atom. The van der Waals surface area contributed by atoms with Crippen molar-refractivity contribution in [3.8, 4) is 0 Å². The second kappa shape index (κ2) is 9.50. The highest BCUT2D eigenvalue weighted by Gasteiger charge is 2.29. The topological polar surface area (TPSA) is 68.8 Å². The quantitative estimate of drug-likeness (QED) is 0.687. The number of halogens is 1. The van der Waals surface area contributed by atoms with Gasteiger partial charge in [0, 0.05) is 51.7 Å². The Morgan fingerprint density at radius 1 is 1.16 bits per heavy atom. The fraction of sp³-hybridized carbons (Fsp3) is 0.435. The van der Waals surface area contributed by atoms with Crippen molar-refractivity contribution in [2.75, 3.05) is 43.9 Å². The van der Waals surface area contributed by atoms with Crippen LogP contribution in [0.2, 0.25) is 24.7 Å². The molecule has 172 valence electrons. The summed E-state index contributed by atoms with van der Waals surface area (Å²) in [6.07, 6.45) is 1.55. The van der Waals surface area contributed by atoms with Gasteiger partial charge in [0.1, 0.15) is 5.82 Å². The van der Waals surface area contributed by atoms with Crippen LogP contribution in [0.1, 0.15) is 17.3 Å². The van der Waals surface area contributed by atoms with Gasteiger partial charge in [-0.15, -0.1) is 0 Å². The number of benzene rings is 1. The molecule has 32 heavy (non-hydrogen) atoms. The number of nitrogens with one attached hydrogen (secondary N) is 1. The van der Waals surface area contributed by atoms with Crippen LogP contribution >= 0.6 is 11.6 Å². The number of carbonyl (C=O) groups excluding carboxylic acids is 2. The summed E-state index contributed by atoms with van der Waals surface area (Å²) in [5.41, 5.74) is 1.26. The minimum Gasteiger partial charge on any atom is -0.352 e. The molecule has 0 saturated carbocycles. The highest BCUT2D eigenvalue weighted by molar-refractivity contribution is 6.88. The average Bonchev–Trinajstić information content (AvgIpc) is 2.72. The summed E-state index contributed by atoms with van der Waals surface area (Å²) in [6.45, 7) is 10.7. The lowest BCUT2D eigenvalue weighted by Crippen LogP contribution is -2.55. The Kier molecular flexibility index (Phi) is 7.15. The van der Waals surface area contributed by atoms with Gasteiger partial charge in [-0.2, -0.15) is 0 Å². The molecule has 0 radical (unpaired) electrons. The van der Waals surface area contributed by atoms with E-state index in [9.17, 15) is 9.59 Å². The van der Waals surface area contributed by atoms with Gasteiger partial charge in [0.2, 0.25) is 0 Å². The maximum Gasteiger partial charge on any atom is 0.322 e. The first-order valence-electron chi connectivity index (χ1n) is 10.8. The van der Waals surface area contributed by atoms with Gasteiger partial charge in [0.15, 0.2) is 0 Å². The third kappa shape index (κ3) is 5.42. The summed E-state index contributed by atoms with van der Waals surface area (Å²) >= 11 is 6.45.